The zero-order valence-electron chi connectivity index (χ0n) is 12.7. The van der Waals surface area contributed by atoms with E-state index < -0.39 is 7.12 Å². The monoisotopic (exact) mass is 262 g/mol. The fraction of sp³-hybridized carbons (Fsp3) is 0.643. The average molecular weight is 262 g/mol. The highest BCUT2D eigenvalue weighted by Crippen LogP contribution is 2.36. The molecule has 1 aliphatic rings. The molecule has 0 aliphatic carbocycles. The number of nitrogens with zero attached hydrogens (tertiary/aromatic N) is 2. The molecule has 1 saturated heterocycles. The molecule has 0 spiro atoms. The van der Waals surface area contributed by atoms with Crippen molar-refractivity contribution in [3.05, 3.63) is 18.3 Å². The molecule has 0 amide bonds. The van der Waals surface area contributed by atoms with Gasteiger partial charge in [-0.3, -0.25) is 4.98 Å². The molecule has 5 heteroatoms. The quantitative estimate of drug-likeness (QED) is 0.778. The van der Waals surface area contributed by atoms with E-state index >= 15 is 0 Å². The molecular formula is C14H23BN2O2. The van der Waals surface area contributed by atoms with Crippen LogP contribution in [0.5, 0.6) is 0 Å². The minimum atomic E-state index is -0.393. The molecule has 0 unspecified atom stereocenters. The van der Waals surface area contributed by atoms with Gasteiger partial charge in [-0.1, -0.05) is 0 Å². The predicted octanol–water partition coefficient (Wildman–Crippen LogP) is 1.84. The van der Waals surface area contributed by atoms with Gasteiger partial charge in [0.05, 0.1) is 16.8 Å². The van der Waals surface area contributed by atoms with Crippen molar-refractivity contribution in [2.75, 3.05) is 18.5 Å². The molecular weight excluding hydrogens is 239 g/mol. The van der Waals surface area contributed by atoms with Crippen LogP contribution in [0.15, 0.2) is 18.3 Å². The molecule has 104 valence electrons. The zero-order valence-corrected chi connectivity index (χ0v) is 12.7. The van der Waals surface area contributed by atoms with Crippen molar-refractivity contribution in [1.29, 1.82) is 0 Å². The molecule has 1 fully saturated rings. The van der Waals surface area contributed by atoms with Crippen molar-refractivity contribution >= 4 is 18.4 Å². The van der Waals surface area contributed by atoms with E-state index in [9.17, 15) is 0 Å². The van der Waals surface area contributed by atoms with E-state index in [1.807, 2.05) is 18.3 Å². The molecule has 2 rings (SSSR count). The Morgan fingerprint density at radius 3 is 2.32 bits per heavy atom. The first-order chi connectivity index (χ1) is 8.77. The molecule has 0 radical (unpaired) electrons. The molecule has 0 aromatic carbocycles. The summed E-state index contributed by atoms with van der Waals surface area (Å²) < 4.78 is 12.0. The van der Waals surface area contributed by atoms with Gasteiger partial charge in [-0.2, -0.15) is 0 Å². The van der Waals surface area contributed by atoms with Crippen molar-refractivity contribution in [3.8, 4) is 0 Å². The van der Waals surface area contributed by atoms with Gasteiger partial charge in [0.25, 0.3) is 0 Å². The second-order valence-electron chi connectivity index (χ2n) is 6.04. The van der Waals surface area contributed by atoms with Crippen LogP contribution in [0.4, 0.5) is 5.69 Å². The van der Waals surface area contributed by atoms with E-state index in [1.54, 1.807) is 0 Å². The number of hydrogen-bond donors (Lipinski definition) is 0. The third kappa shape index (κ3) is 2.62. The smallest absolute Gasteiger partial charge is 0.398 e. The molecule has 0 atom stereocenters. The maximum Gasteiger partial charge on any atom is 0.514 e. The molecule has 2 heterocycles. The third-order valence-corrected chi connectivity index (χ3v) is 4.17. The summed E-state index contributed by atoms with van der Waals surface area (Å²) in [5, 5.41) is 0. The summed E-state index contributed by atoms with van der Waals surface area (Å²) in [4.78, 5) is 6.56. The number of aromatic nitrogens is 1. The van der Waals surface area contributed by atoms with E-state index in [0.717, 1.165) is 17.8 Å². The Morgan fingerprint density at radius 2 is 1.79 bits per heavy atom. The van der Waals surface area contributed by atoms with Crippen LogP contribution in [0.3, 0.4) is 0 Å². The highest BCUT2D eigenvalue weighted by molar-refractivity contribution is 6.61. The normalized spacial score (nSPS) is 20.6. The molecule has 0 bridgehead atoms. The summed E-state index contributed by atoms with van der Waals surface area (Å²) in [7, 11) is 1.67. The fourth-order valence-corrected chi connectivity index (χ4v) is 1.95. The zero-order chi connectivity index (χ0) is 14.3. The molecule has 0 N–H and O–H groups in total. The van der Waals surface area contributed by atoms with Crippen molar-refractivity contribution in [2.24, 2.45) is 0 Å². The van der Waals surface area contributed by atoms with Gasteiger partial charge in [-0.25, -0.2) is 0 Å². The number of pyridine rings is 1. The van der Waals surface area contributed by atoms with Crippen LogP contribution in [0.1, 0.15) is 34.6 Å². The first kappa shape index (κ1) is 14.3. The number of hydrogen-bond acceptors (Lipinski definition) is 4. The molecule has 1 aliphatic heterocycles. The van der Waals surface area contributed by atoms with Gasteiger partial charge in [-0.15, -0.1) is 0 Å². The lowest BCUT2D eigenvalue weighted by Gasteiger charge is -2.32. The molecule has 0 saturated carbocycles. The number of rotatable bonds is 3. The minimum Gasteiger partial charge on any atom is -0.398 e. The lowest BCUT2D eigenvalue weighted by atomic mass is 9.84. The van der Waals surface area contributed by atoms with Gasteiger partial charge in [-0.05, 0) is 46.8 Å². The SMILES string of the molecule is CCN(C)c1ccnc(B2OC(C)(C)C(C)(C)O2)c1. The second-order valence-corrected chi connectivity index (χ2v) is 6.04. The Bertz CT molecular complexity index is 447. The largest absolute Gasteiger partial charge is 0.514 e. The maximum absolute atomic E-state index is 6.02. The van der Waals surface area contributed by atoms with E-state index in [-0.39, 0.29) is 11.2 Å². The Kier molecular flexibility index (Phi) is 3.62. The van der Waals surface area contributed by atoms with E-state index in [2.05, 4.69) is 51.6 Å². The standard InChI is InChI=1S/C14H23BN2O2/c1-7-17(6)11-8-9-16-12(10-11)15-18-13(2,3)14(4,5)19-15/h8-10H,7H2,1-6H3. The Hall–Kier alpha value is -1.07. The van der Waals surface area contributed by atoms with Crippen LogP contribution in [0, 0.1) is 0 Å². The Morgan fingerprint density at radius 1 is 1.21 bits per heavy atom. The van der Waals surface area contributed by atoms with Crippen molar-refractivity contribution in [3.63, 3.8) is 0 Å². The topological polar surface area (TPSA) is 34.6 Å². The van der Waals surface area contributed by atoms with Crippen LogP contribution >= 0.6 is 0 Å². The highest BCUT2D eigenvalue weighted by Gasteiger charge is 2.52. The first-order valence-corrected chi connectivity index (χ1v) is 6.79. The van der Waals surface area contributed by atoms with Crippen molar-refractivity contribution in [1.82, 2.24) is 4.98 Å². The summed E-state index contributed by atoms with van der Waals surface area (Å²) >= 11 is 0. The number of anilines is 1. The maximum atomic E-state index is 6.02. The average Bonchev–Trinajstić information content (AvgIpc) is 2.58. The lowest BCUT2D eigenvalue weighted by molar-refractivity contribution is 0.00578. The van der Waals surface area contributed by atoms with Crippen LogP contribution < -0.4 is 10.5 Å². The molecule has 1 aromatic heterocycles. The van der Waals surface area contributed by atoms with Crippen LogP contribution in [0.25, 0.3) is 0 Å². The van der Waals surface area contributed by atoms with Gasteiger partial charge in [0.1, 0.15) is 0 Å². The Balaban J connectivity index is 2.25. The van der Waals surface area contributed by atoms with Gasteiger partial charge in [0.15, 0.2) is 0 Å². The highest BCUT2D eigenvalue weighted by atomic mass is 16.7. The summed E-state index contributed by atoms with van der Waals surface area (Å²) in [6.45, 7) is 11.3. The van der Waals surface area contributed by atoms with E-state index in [1.165, 1.54) is 0 Å². The fourth-order valence-electron chi connectivity index (χ4n) is 1.95. The predicted molar refractivity (Wildman–Crippen MR) is 78.9 cm³/mol. The Labute approximate surface area is 116 Å². The van der Waals surface area contributed by atoms with Gasteiger partial charge in [0.2, 0.25) is 0 Å². The summed E-state index contributed by atoms with van der Waals surface area (Å²) in [5.41, 5.74) is 1.30. The third-order valence-electron chi connectivity index (χ3n) is 4.17. The van der Waals surface area contributed by atoms with Crippen LogP contribution in [-0.2, 0) is 9.31 Å². The molecule has 4 nitrogen and oxygen atoms in total. The second kappa shape index (κ2) is 4.80. The summed E-state index contributed by atoms with van der Waals surface area (Å²) in [5.74, 6) is 0. The van der Waals surface area contributed by atoms with Crippen molar-refractivity contribution in [2.45, 2.75) is 45.8 Å². The lowest BCUT2D eigenvalue weighted by Crippen LogP contribution is -2.41. The molecule has 19 heavy (non-hydrogen) atoms. The van der Waals surface area contributed by atoms with Gasteiger partial charge in [0, 0.05) is 25.5 Å². The van der Waals surface area contributed by atoms with E-state index in [4.69, 9.17) is 9.31 Å². The van der Waals surface area contributed by atoms with Crippen LogP contribution in [-0.4, -0.2) is 36.9 Å². The summed E-state index contributed by atoms with van der Waals surface area (Å²) in [6.07, 6.45) is 1.81. The first-order valence-electron chi connectivity index (χ1n) is 6.79. The summed E-state index contributed by atoms with van der Waals surface area (Å²) in [6, 6.07) is 4.03. The molecule has 1 aromatic rings. The van der Waals surface area contributed by atoms with Crippen molar-refractivity contribution < 1.29 is 9.31 Å². The van der Waals surface area contributed by atoms with E-state index in [0.29, 0.717) is 0 Å². The van der Waals surface area contributed by atoms with Gasteiger partial charge >= 0.3 is 7.12 Å². The van der Waals surface area contributed by atoms with Gasteiger partial charge < -0.3 is 14.2 Å². The minimum absolute atomic E-state index is 0.327. The van der Waals surface area contributed by atoms with Crippen LogP contribution in [0.2, 0.25) is 0 Å².